The number of hydrogen-bond acceptors (Lipinski definition) is 4. The molecule has 0 bridgehead atoms. The molecule has 0 aliphatic rings. The SMILES string of the molecule is Cc1oc(C)c(S(=O)(=O)N(C)CC(C)(C)C)c1CN. The molecule has 6 heteroatoms. The zero-order valence-electron chi connectivity index (χ0n) is 12.6. The van der Waals surface area contributed by atoms with Crippen LogP contribution in [0.3, 0.4) is 0 Å². The maximum atomic E-state index is 12.6. The van der Waals surface area contributed by atoms with Gasteiger partial charge in [0.2, 0.25) is 10.0 Å². The molecule has 0 atom stereocenters. The molecular weight excluding hydrogens is 264 g/mol. The minimum atomic E-state index is -3.57. The Hall–Kier alpha value is -0.850. The molecule has 0 saturated carbocycles. The molecular formula is C13H24N2O3S. The first-order chi connectivity index (χ1) is 8.50. The van der Waals surface area contributed by atoms with Crippen molar-refractivity contribution in [2.75, 3.05) is 13.6 Å². The largest absolute Gasteiger partial charge is 0.465 e. The summed E-state index contributed by atoms with van der Waals surface area (Å²) in [5.41, 5.74) is 6.10. The summed E-state index contributed by atoms with van der Waals surface area (Å²) in [6, 6.07) is 0. The highest BCUT2D eigenvalue weighted by Gasteiger charge is 2.31. The Morgan fingerprint density at radius 3 is 2.16 bits per heavy atom. The van der Waals surface area contributed by atoms with Gasteiger partial charge in [0.25, 0.3) is 0 Å². The van der Waals surface area contributed by atoms with Gasteiger partial charge in [0, 0.05) is 25.7 Å². The Bertz CT molecular complexity index is 553. The summed E-state index contributed by atoms with van der Waals surface area (Å²) in [7, 11) is -1.98. The fourth-order valence-corrected chi connectivity index (χ4v) is 4.00. The lowest BCUT2D eigenvalue weighted by Crippen LogP contribution is -2.35. The van der Waals surface area contributed by atoms with Crippen LogP contribution in [0.25, 0.3) is 0 Å². The summed E-state index contributed by atoms with van der Waals surface area (Å²) >= 11 is 0. The molecule has 0 aliphatic carbocycles. The Morgan fingerprint density at radius 1 is 1.21 bits per heavy atom. The summed E-state index contributed by atoms with van der Waals surface area (Å²) in [5.74, 6) is 0.974. The molecule has 0 amide bonds. The van der Waals surface area contributed by atoms with Gasteiger partial charge in [0.15, 0.2) is 0 Å². The molecule has 110 valence electrons. The number of hydrogen-bond donors (Lipinski definition) is 1. The predicted molar refractivity (Wildman–Crippen MR) is 75.3 cm³/mol. The summed E-state index contributed by atoms with van der Waals surface area (Å²) in [6.45, 7) is 9.97. The van der Waals surface area contributed by atoms with E-state index in [4.69, 9.17) is 10.2 Å². The van der Waals surface area contributed by atoms with E-state index in [1.165, 1.54) is 4.31 Å². The maximum Gasteiger partial charge on any atom is 0.246 e. The Morgan fingerprint density at radius 2 is 1.74 bits per heavy atom. The molecule has 0 spiro atoms. The molecule has 0 aromatic carbocycles. The minimum Gasteiger partial charge on any atom is -0.465 e. The Labute approximate surface area is 115 Å². The van der Waals surface area contributed by atoms with Crippen LogP contribution in [0.5, 0.6) is 0 Å². The van der Waals surface area contributed by atoms with Crippen LogP contribution in [-0.4, -0.2) is 26.3 Å². The van der Waals surface area contributed by atoms with Crippen LogP contribution in [0, 0.1) is 19.3 Å². The third kappa shape index (κ3) is 3.38. The fraction of sp³-hybridized carbons (Fsp3) is 0.692. The monoisotopic (exact) mass is 288 g/mol. The van der Waals surface area contributed by atoms with Crippen molar-refractivity contribution < 1.29 is 12.8 Å². The molecule has 2 N–H and O–H groups in total. The van der Waals surface area contributed by atoms with Crippen molar-refractivity contribution in [1.29, 1.82) is 0 Å². The van der Waals surface area contributed by atoms with Gasteiger partial charge in [-0.2, -0.15) is 0 Å². The quantitative estimate of drug-likeness (QED) is 0.919. The summed E-state index contributed by atoms with van der Waals surface area (Å²) < 4.78 is 32.1. The number of nitrogens with zero attached hydrogens (tertiary/aromatic N) is 1. The highest BCUT2D eigenvalue weighted by atomic mass is 32.2. The van der Waals surface area contributed by atoms with Crippen molar-refractivity contribution in [2.45, 2.75) is 46.1 Å². The van der Waals surface area contributed by atoms with E-state index in [-0.39, 0.29) is 16.9 Å². The van der Waals surface area contributed by atoms with E-state index in [2.05, 4.69) is 0 Å². The highest BCUT2D eigenvalue weighted by molar-refractivity contribution is 7.89. The van der Waals surface area contributed by atoms with Crippen molar-refractivity contribution in [1.82, 2.24) is 4.31 Å². The lowest BCUT2D eigenvalue weighted by molar-refractivity contribution is 0.310. The molecule has 19 heavy (non-hydrogen) atoms. The third-order valence-corrected chi connectivity index (χ3v) is 4.89. The van der Waals surface area contributed by atoms with Crippen molar-refractivity contribution in [3.63, 3.8) is 0 Å². The van der Waals surface area contributed by atoms with Crippen LogP contribution < -0.4 is 5.73 Å². The lowest BCUT2D eigenvalue weighted by atomic mass is 9.97. The molecule has 0 radical (unpaired) electrons. The molecule has 0 fully saturated rings. The average Bonchev–Trinajstić information content (AvgIpc) is 2.50. The van der Waals surface area contributed by atoms with E-state index in [9.17, 15) is 8.42 Å². The standard InChI is InChI=1S/C13H24N2O3S/c1-9-11(7-14)12(10(2)18-9)19(16,17)15(6)8-13(3,4)5/h7-8,14H2,1-6H3. The van der Waals surface area contributed by atoms with E-state index in [0.29, 0.717) is 23.6 Å². The van der Waals surface area contributed by atoms with Crippen LogP contribution in [0.15, 0.2) is 9.31 Å². The number of sulfonamides is 1. The highest BCUT2D eigenvalue weighted by Crippen LogP contribution is 2.29. The van der Waals surface area contributed by atoms with E-state index < -0.39 is 10.0 Å². The second kappa shape index (κ2) is 5.26. The molecule has 0 aliphatic heterocycles. The van der Waals surface area contributed by atoms with Crippen LogP contribution in [0.4, 0.5) is 0 Å². The van der Waals surface area contributed by atoms with Crippen LogP contribution in [-0.2, 0) is 16.6 Å². The first-order valence-electron chi connectivity index (χ1n) is 6.26. The van der Waals surface area contributed by atoms with E-state index in [1.54, 1.807) is 20.9 Å². The Kier molecular flexibility index (Phi) is 4.49. The molecule has 0 unspecified atom stereocenters. The van der Waals surface area contributed by atoms with Gasteiger partial charge in [-0.05, 0) is 19.3 Å². The normalized spacial score (nSPS) is 13.3. The number of aryl methyl sites for hydroxylation is 2. The van der Waals surface area contributed by atoms with Gasteiger partial charge < -0.3 is 10.2 Å². The number of nitrogens with two attached hydrogens (primary N) is 1. The van der Waals surface area contributed by atoms with Gasteiger partial charge in [-0.15, -0.1) is 0 Å². The zero-order chi connectivity index (χ0) is 15.0. The Balaban J connectivity index is 3.28. The molecule has 1 heterocycles. The molecule has 1 rings (SSSR count). The van der Waals surface area contributed by atoms with E-state index in [1.807, 2.05) is 20.8 Å². The summed E-state index contributed by atoms with van der Waals surface area (Å²) in [5, 5.41) is 0. The minimum absolute atomic E-state index is 0.114. The third-order valence-electron chi connectivity index (χ3n) is 2.89. The maximum absolute atomic E-state index is 12.6. The summed E-state index contributed by atoms with van der Waals surface area (Å²) in [4.78, 5) is 0.222. The fourth-order valence-electron chi connectivity index (χ4n) is 2.19. The molecule has 1 aromatic heterocycles. The first-order valence-corrected chi connectivity index (χ1v) is 7.70. The number of rotatable bonds is 4. The second-order valence-electron chi connectivity index (χ2n) is 6.05. The van der Waals surface area contributed by atoms with Crippen LogP contribution in [0.2, 0.25) is 0 Å². The second-order valence-corrected chi connectivity index (χ2v) is 8.03. The van der Waals surface area contributed by atoms with Crippen molar-refractivity contribution in [2.24, 2.45) is 11.1 Å². The van der Waals surface area contributed by atoms with Gasteiger partial charge in [0.1, 0.15) is 16.4 Å². The van der Waals surface area contributed by atoms with Gasteiger partial charge >= 0.3 is 0 Å². The first kappa shape index (κ1) is 16.2. The van der Waals surface area contributed by atoms with E-state index in [0.717, 1.165) is 0 Å². The van der Waals surface area contributed by atoms with Crippen molar-refractivity contribution in [3.8, 4) is 0 Å². The van der Waals surface area contributed by atoms with Gasteiger partial charge in [-0.25, -0.2) is 12.7 Å². The van der Waals surface area contributed by atoms with Gasteiger partial charge in [-0.1, -0.05) is 20.8 Å². The topological polar surface area (TPSA) is 76.5 Å². The molecule has 5 nitrogen and oxygen atoms in total. The zero-order valence-corrected chi connectivity index (χ0v) is 13.4. The average molecular weight is 288 g/mol. The molecule has 1 aromatic rings. The lowest BCUT2D eigenvalue weighted by Gasteiger charge is -2.26. The smallest absolute Gasteiger partial charge is 0.246 e. The predicted octanol–water partition coefficient (Wildman–Crippen LogP) is 2.02. The van der Waals surface area contributed by atoms with Crippen LogP contribution >= 0.6 is 0 Å². The number of furan rings is 1. The summed E-state index contributed by atoms with van der Waals surface area (Å²) in [6.07, 6.45) is 0. The van der Waals surface area contributed by atoms with E-state index >= 15 is 0 Å². The van der Waals surface area contributed by atoms with Crippen molar-refractivity contribution in [3.05, 3.63) is 17.1 Å². The van der Waals surface area contributed by atoms with Crippen molar-refractivity contribution >= 4 is 10.0 Å². The van der Waals surface area contributed by atoms with Gasteiger partial charge in [-0.3, -0.25) is 0 Å². The van der Waals surface area contributed by atoms with Gasteiger partial charge in [0.05, 0.1) is 0 Å². The molecule has 0 saturated heterocycles. The van der Waals surface area contributed by atoms with Crippen LogP contribution in [0.1, 0.15) is 37.9 Å².